The standard InChI is InChI=1S/C23H27N5O3/c1-4-27(5-2)22(30)15-28-13-12-17-14-20(10-11-21(17)28)26-23(31)25-19-8-6-18(7-9-19)24-16(3)29/h6-14H,4-5,15H2,1-3H3,(H,24,29)(H2,25,26,31). The highest BCUT2D eigenvalue weighted by molar-refractivity contribution is 6.01. The zero-order chi connectivity index (χ0) is 22.4. The molecule has 0 unspecified atom stereocenters. The summed E-state index contributed by atoms with van der Waals surface area (Å²) in [5, 5.41) is 9.18. The summed E-state index contributed by atoms with van der Waals surface area (Å²) in [6, 6.07) is 14.0. The summed E-state index contributed by atoms with van der Waals surface area (Å²) in [7, 11) is 0. The van der Waals surface area contributed by atoms with Crippen molar-refractivity contribution in [1.29, 1.82) is 0 Å². The van der Waals surface area contributed by atoms with Gasteiger partial charge in [-0.15, -0.1) is 0 Å². The van der Waals surface area contributed by atoms with Crippen molar-refractivity contribution in [2.24, 2.45) is 0 Å². The third-order valence-corrected chi connectivity index (χ3v) is 4.91. The number of rotatable bonds is 7. The fourth-order valence-corrected chi connectivity index (χ4v) is 3.37. The Kier molecular flexibility index (Phi) is 6.92. The summed E-state index contributed by atoms with van der Waals surface area (Å²) in [6.07, 6.45) is 1.88. The van der Waals surface area contributed by atoms with Gasteiger partial charge in [0.1, 0.15) is 6.54 Å². The van der Waals surface area contributed by atoms with Gasteiger partial charge in [0.2, 0.25) is 11.8 Å². The molecule has 1 aromatic heterocycles. The third-order valence-electron chi connectivity index (χ3n) is 4.91. The lowest BCUT2D eigenvalue weighted by atomic mass is 10.2. The molecular weight excluding hydrogens is 394 g/mol. The number of urea groups is 1. The quantitative estimate of drug-likeness (QED) is 0.536. The smallest absolute Gasteiger partial charge is 0.323 e. The van der Waals surface area contributed by atoms with Crippen LogP contribution in [0.25, 0.3) is 10.9 Å². The lowest BCUT2D eigenvalue weighted by Gasteiger charge is -2.19. The number of carbonyl (C=O) groups is 3. The van der Waals surface area contributed by atoms with E-state index in [1.165, 1.54) is 6.92 Å². The molecule has 0 aliphatic rings. The second-order valence-electron chi connectivity index (χ2n) is 7.12. The van der Waals surface area contributed by atoms with Crippen molar-refractivity contribution in [2.45, 2.75) is 27.3 Å². The number of anilines is 3. The van der Waals surface area contributed by atoms with E-state index in [1.807, 2.05) is 42.8 Å². The van der Waals surface area contributed by atoms with Crippen LogP contribution in [0.2, 0.25) is 0 Å². The molecule has 3 N–H and O–H groups in total. The van der Waals surface area contributed by atoms with Crippen molar-refractivity contribution in [3.63, 3.8) is 0 Å². The summed E-state index contributed by atoms with van der Waals surface area (Å²) in [6.45, 7) is 7.03. The first-order chi connectivity index (χ1) is 14.9. The monoisotopic (exact) mass is 421 g/mol. The first-order valence-corrected chi connectivity index (χ1v) is 10.2. The second kappa shape index (κ2) is 9.80. The normalized spacial score (nSPS) is 10.5. The van der Waals surface area contributed by atoms with Crippen LogP contribution in [0, 0.1) is 0 Å². The highest BCUT2D eigenvalue weighted by atomic mass is 16.2. The number of benzene rings is 2. The predicted molar refractivity (Wildman–Crippen MR) is 123 cm³/mol. The Morgan fingerprint density at radius 1 is 0.839 bits per heavy atom. The molecule has 0 aliphatic carbocycles. The van der Waals surface area contributed by atoms with Gasteiger partial charge in [-0.05, 0) is 62.4 Å². The van der Waals surface area contributed by atoms with E-state index in [-0.39, 0.29) is 24.4 Å². The largest absolute Gasteiger partial charge is 0.342 e. The fraction of sp³-hybridized carbons (Fsp3) is 0.261. The molecule has 0 aliphatic heterocycles. The van der Waals surface area contributed by atoms with Gasteiger partial charge in [-0.1, -0.05) is 0 Å². The lowest BCUT2D eigenvalue weighted by Crippen LogP contribution is -2.33. The highest BCUT2D eigenvalue weighted by Gasteiger charge is 2.12. The number of hydrogen-bond donors (Lipinski definition) is 3. The molecule has 3 rings (SSSR count). The van der Waals surface area contributed by atoms with Crippen molar-refractivity contribution in [1.82, 2.24) is 9.47 Å². The average molecular weight is 422 g/mol. The van der Waals surface area contributed by atoms with Crippen molar-refractivity contribution < 1.29 is 14.4 Å². The number of amides is 4. The van der Waals surface area contributed by atoms with Gasteiger partial charge in [-0.3, -0.25) is 9.59 Å². The Bertz CT molecular complexity index is 1080. The topological polar surface area (TPSA) is 95.5 Å². The van der Waals surface area contributed by atoms with Gasteiger partial charge in [0.25, 0.3) is 0 Å². The number of likely N-dealkylation sites (N-methyl/N-ethyl adjacent to an activating group) is 1. The molecule has 4 amide bonds. The minimum absolute atomic E-state index is 0.0774. The van der Waals surface area contributed by atoms with Crippen LogP contribution in [-0.4, -0.2) is 40.4 Å². The van der Waals surface area contributed by atoms with E-state index in [0.29, 0.717) is 30.2 Å². The van der Waals surface area contributed by atoms with Crippen molar-refractivity contribution in [3.8, 4) is 0 Å². The van der Waals surface area contributed by atoms with Crippen LogP contribution in [0.15, 0.2) is 54.7 Å². The molecule has 0 atom stereocenters. The van der Waals surface area contributed by atoms with Gasteiger partial charge in [0, 0.05) is 54.2 Å². The van der Waals surface area contributed by atoms with Crippen LogP contribution in [0.3, 0.4) is 0 Å². The summed E-state index contributed by atoms with van der Waals surface area (Å²) < 4.78 is 1.91. The van der Waals surface area contributed by atoms with E-state index in [2.05, 4.69) is 16.0 Å². The molecule has 162 valence electrons. The van der Waals surface area contributed by atoms with E-state index < -0.39 is 0 Å². The maximum Gasteiger partial charge on any atom is 0.323 e. The molecule has 0 saturated carbocycles. The van der Waals surface area contributed by atoms with Gasteiger partial charge >= 0.3 is 6.03 Å². The van der Waals surface area contributed by atoms with Gasteiger partial charge < -0.3 is 25.4 Å². The predicted octanol–water partition coefficient (Wildman–Crippen LogP) is 4.11. The Balaban J connectivity index is 1.63. The molecule has 1 heterocycles. The molecule has 8 heteroatoms. The summed E-state index contributed by atoms with van der Waals surface area (Å²) in [5.41, 5.74) is 2.84. The van der Waals surface area contributed by atoms with Crippen LogP contribution in [0.1, 0.15) is 20.8 Å². The molecule has 0 saturated heterocycles. The first kappa shape index (κ1) is 21.9. The minimum atomic E-state index is -0.372. The molecule has 0 bridgehead atoms. The molecule has 2 aromatic carbocycles. The Labute approximate surface area is 181 Å². The Morgan fingerprint density at radius 2 is 1.42 bits per heavy atom. The van der Waals surface area contributed by atoms with Crippen molar-refractivity contribution >= 4 is 45.8 Å². The SMILES string of the molecule is CCN(CC)C(=O)Cn1ccc2cc(NC(=O)Nc3ccc(NC(C)=O)cc3)ccc21. The summed E-state index contributed by atoms with van der Waals surface area (Å²) in [5.74, 6) is -0.0753. The maximum absolute atomic E-state index is 12.4. The molecule has 8 nitrogen and oxygen atoms in total. The van der Waals surface area contributed by atoms with Crippen LogP contribution < -0.4 is 16.0 Å². The van der Waals surface area contributed by atoms with E-state index in [9.17, 15) is 14.4 Å². The first-order valence-electron chi connectivity index (χ1n) is 10.2. The van der Waals surface area contributed by atoms with Crippen molar-refractivity contribution in [3.05, 3.63) is 54.7 Å². The van der Waals surface area contributed by atoms with Crippen molar-refractivity contribution in [2.75, 3.05) is 29.0 Å². The molecule has 0 fully saturated rings. The second-order valence-corrected chi connectivity index (χ2v) is 7.12. The Hall–Kier alpha value is -3.81. The van der Waals surface area contributed by atoms with E-state index in [4.69, 9.17) is 0 Å². The minimum Gasteiger partial charge on any atom is -0.342 e. The molecular formula is C23H27N5O3. The Morgan fingerprint density at radius 3 is 2.03 bits per heavy atom. The number of nitrogens with one attached hydrogen (secondary N) is 3. The zero-order valence-electron chi connectivity index (χ0n) is 17.9. The van der Waals surface area contributed by atoms with Crippen LogP contribution in [0.4, 0.5) is 21.9 Å². The molecule has 3 aromatic rings. The third kappa shape index (κ3) is 5.63. The van der Waals surface area contributed by atoms with Gasteiger partial charge in [0.15, 0.2) is 0 Å². The number of nitrogens with zero attached hydrogens (tertiary/aromatic N) is 2. The van der Waals surface area contributed by atoms with Gasteiger partial charge in [-0.2, -0.15) is 0 Å². The molecule has 0 spiro atoms. The van der Waals surface area contributed by atoms with E-state index >= 15 is 0 Å². The van der Waals surface area contributed by atoms with E-state index in [0.717, 1.165) is 10.9 Å². The summed E-state index contributed by atoms with van der Waals surface area (Å²) >= 11 is 0. The number of fused-ring (bicyclic) bond motifs is 1. The number of hydrogen-bond acceptors (Lipinski definition) is 3. The maximum atomic E-state index is 12.4. The lowest BCUT2D eigenvalue weighted by molar-refractivity contribution is -0.131. The molecule has 31 heavy (non-hydrogen) atoms. The van der Waals surface area contributed by atoms with Crippen LogP contribution in [-0.2, 0) is 16.1 Å². The summed E-state index contributed by atoms with van der Waals surface area (Å²) in [4.78, 5) is 37.6. The fourth-order valence-electron chi connectivity index (χ4n) is 3.37. The van der Waals surface area contributed by atoms with Gasteiger partial charge in [-0.25, -0.2) is 4.79 Å². The zero-order valence-corrected chi connectivity index (χ0v) is 17.9. The number of carbonyl (C=O) groups excluding carboxylic acids is 3. The van der Waals surface area contributed by atoms with Gasteiger partial charge in [0.05, 0.1) is 0 Å². The van der Waals surface area contributed by atoms with Crippen LogP contribution >= 0.6 is 0 Å². The molecule has 0 radical (unpaired) electrons. The number of aromatic nitrogens is 1. The highest BCUT2D eigenvalue weighted by Crippen LogP contribution is 2.21. The van der Waals surface area contributed by atoms with Crippen LogP contribution in [0.5, 0.6) is 0 Å². The van der Waals surface area contributed by atoms with E-state index in [1.54, 1.807) is 35.2 Å². The average Bonchev–Trinajstić information content (AvgIpc) is 3.12.